The summed E-state index contributed by atoms with van der Waals surface area (Å²) in [5.74, 6) is 1.19. The Kier molecular flexibility index (Phi) is 6.69. The summed E-state index contributed by atoms with van der Waals surface area (Å²) < 4.78 is 0. The van der Waals surface area contributed by atoms with Gasteiger partial charge >= 0.3 is 0 Å². The fourth-order valence-electron chi connectivity index (χ4n) is 5.16. The number of hydrogen-bond donors (Lipinski definition) is 1. The van der Waals surface area contributed by atoms with E-state index in [2.05, 4.69) is 30.4 Å². The predicted octanol–water partition coefficient (Wildman–Crippen LogP) is 5.80. The number of ketones is 1. The van der Waals surface area contributed by atoms with Crippen LogP contribution in [0.1, 0.15) is 77.6 Å². The van der Waals surface area contributed by atoms with E-state index in [0.717, 1.165) is 18.8 Å². The molecule has 2 nitrogen and oxygen atoms in total. The van der Waals surface area contributed by atoms with Crippen LogP contribution in [0.15, 0.2) is 47.1 Å². The number of Topliss-reactive ketones (excluding diaryl/α,β-unsaturated/α-hetero) is 1. The summed E-state index contributed by atoms with van der Waals surface area (Å²) in [6, 6.07) is 0. The molecular formula is C24H35NO. The first kappa shape index (κ1) is 19.4. The number of nitrogens with two attached hydrogens (primary N) is 1. The smallest absolute Gasteiger partial charge is 0.133 e. The maximum Gasteiger partial charge on any atom is 0.133 e. The van der Waals surface area contributed by atoms with Gasteiger partial charge in [-0.25, -0.2) is 0 Å². The van der Waals surface area contributed by atoms with Crippen LogP contribution in [0, 0.1) is 11.3 Å². The zero-order valence-electron chi connectivity index (χ0n) is 16.4. The fourth-order valence-corrected chi connectivity index (χ4v) is 5.16. The van der Waals surface area contributed by atoms with E-state index in [-0.39, 0.29) is 0 Å². The Hall–Kier alpha value is -1.41. The lowest BCUT2D eigenvalue weighted by Gasteiger charge is -2.28. The lowest BCUT2D eigenvalue weighted by atomic mass is 9.77. The quantitative estimate of drug-likeness (QED) is 0.613. The maximum atomic E-state index is 11.4. The second-order valence-electron chi connectivity index (χ2n) is 8.76. The van der Waals surface area contributed by atoms with Crippen LogP contribution < -0.4 is 5.73 Å². The summed E-state index contributed by atoms with van der Waals surface area (Å²) in [5, 5.41) is 0. The van der Waals surface area contributed by atoms with Crippen molar-refractivity contribution in [2.75, 3.05) is 6.54 Å². The minimum Gasteiger partial charge on any atom is -0.327 e. The number of carbonyl (C=O) groups excluding carboxylic acids is 1. The van der Waals surface area contributed by atoms with Crippen LogP contribution >= 0.6 is 0 Å². The van der Waals surface area contributed by atoms with Gasteiger partial charge in [0.25, 0.3) is 0 Å². The fraction of sp³-hybridized carbons (Fsp3) is 0.625. The number of hydrogen-bond acceptors (Lipinski definition) is 2. The Morgan fingerprint density at radius 1 is 1.15 bits per heavy atom. The lowest BCUT2D eigenvalue weighted by molar-refractivity contribution is -0.116. The molecule has 2 heteroatoms. The highest BCUT2D eigenvalue weighted by atomic mass is 16.1. The molecule has 3 aliphatic carbocycles. The maximum absolute atomic E-state index is 11.4. The highest BCUT2D eigenvalue weighted by Crippen LogP contribution is 2.51. The molecule has 2 atom stereocenters. The van der Waals surface area contributed by atoms with Gasteiger partial charge in [-0.1, -0.05) is 41.5 Å². The van der Waals surface area contributed by atoms with Crippen molar-refractivity contribution in [3.05, 3.63) is 47.1 Å². The van der Waals surface area contributed by atoms with E-state index < -0.39 is 0 Å². The third-order valence-electron chi connectivity index (χ3n) is 6.71. The van der Waals surface area contributed by atoms with E-state index in [1.807, 2.05) is 0 Å². The number of rotatable bonds is 6. The topological polar surface area (TPSA) is 43.1 Å². The van der Waals surface area contributed by atoms with Crippen molar-refractivity contribution in [1.82, 2.24) is 0 Å². The normalized spacial score (nSPS) is 29.0. The van der Waals surface area contributed by atoms with E-state index in [0.29, 0.717) is 24.2 Å². The molecule has 1 spiro atoms. The first-order valence-corrected chi connectivity index (χ1v) is 10.5. The molecule has 1 saturated carbocycles. The zero-order valence-corrected chi connectivity index (χ0v) is 16.4. The summed E-state index contributed by atoms with van der Waals surface area (Å²) in [4.78, 5) is 11.4. The SMILES string of the molecule is CC(=O)CC1=CCCC2(CC1)CCC(CCC1=CCC=C(CN)C=C1)C2. The van der Waals surface area contributed by atoms with Crippen molar-refractivity contribution in [1.29, 1.82) is 0 Å². The Balaban J connectivity index is 1.47. The summed E-state index contributed by atoms with van der Waals surface area (Å²) in [6.07, 6.45) is 24.8. The first-order valence-electron chi connectivity index (χ1n) is 10.5. The molecule has 142 valence electrons. The van der Waals surface area contributed by atoms with Crippen LogP contribution in [-0.4, -0.2) is 12.3 Å². The van der Waals surface area contributed by atoms with Gasteiger partial charge < -0.3 is 5.73 Å². The molecule has 0 amide bonds. The minimum atomic E-state index is 0.313. The monoisotopic (exact) mass is 353 g/mol. The van der Waals surface area contributed by atoms with Crippen molar-refractivity contribution < 1.29 is 4.79 Å². The van der Waals surface area contributed by atoms with E-state index in [9.17, 15) is 4.79 Å². The van der Waals surface area contributed by atoms with Crippen LogP contribution in [0.4, 0.5) is 0 Å². The van der Waals surface area contributed by atoms with Crippen molar-refractivity contribution in [2.45, 2.75) is 77.6 Å². The molecule has 26 heavy (non-hydrogen) atoms. The Morgan fingerprint density at radius 3 is 2.77 bits per heavy atom. The molecule has 0 aliphatic heterocycles. The molecule has 0 aromatic carbocycles. The van der Waals surface area contributed by atoms with Crippen molar-refractivity contribution >= 4 is 5.78 Å². The average molecular weight is 354 g/mol. The van der Waals surface area contributed by atoms with Crippen molar-refractivity contribution in [2.24, 2.45) is 17.1 Å². The van der Waals surface area contributed by atoms with Gasteiger partial charge in [0.15, 0.2) is 0 Å². The van der Waals surface area contributed by atoms with Crippen LogP contribution in [-0.2, 0) is 4.79 Å². The number of carbonyl (C=O) groups is 1. The van der Waals surface area contributed by atoms with Gasteiger partial charge in [-0.2, -0.15) is 0 Å². The largest absolute Gasteiger partial charge is 0.327 e. The van der Waals surface area contributed by atoms with Gasteiger partial charge in [-0.05, 0) is 88.0 Å². The molecule has 1 fully saturated rings. The molecule has 0 aromatic heterocycles. The van der Waals surface area contributed by atoms with E-state index in [1.54, 1.807) is 6.92 Å². The molecule has 2 unspecified atom stereocenters. The summed E-state index contributed by atoms with van der Waals surface area (Å²) in [6.45, 7) is 2.36. The summed E-state index contributed by atoms with van der Waals surface area (Å²) in [7, 11) is 0. The van der Waals surface area contributed by atoms with Crippen LogP contribution in [0.3, 0.4) is 0 Å². The van der Waals surface area contributed by atoms with Crippen LogP contribution in [0.2, 0.25) is 0 Å². The van der Waals surface area contributed by atoms with Gasteiger partial charge in [0.1, 0.15) is 5.78 Å². The van der Waals surface area contributed by atoms with Gasteiger partial charge in [-0.15, -0.1) is 0 Å². The van der Waals surface area contributed by atoms with E-state index >= 15 is 0 Å². The van der Waals surface area contributed by atoms with E-state index in [1.165, 1.54) is 68.1 Å². The van der Waals surface area contributed by atoms with Gasteiger partial charge in [0, 0.05) is 13.0 Å². The Labute approximate surface area is 159 Å². The summed E-state index contributed by atoms with van der Waals surface area (Å²) >= 11 is 0. The summed E-state index contributed by atoms with van der Waals surface area (Å²) in [5.41, 5.74) is 10.4. The highest BCUT2D eigenvalue weighted by molar-refractivity contribution is 5.78. The standard InChI is InChI=1S/C24H35NO/c1-19(26)16-21-6-3-13-24(14-11-21)15-12-22(17-24)9-7-20-4-2-5-23(18-25)10-8-20/h4-6,8,10,22H,2-3,7,9,11-18,25H2,1H3. The van der Waals surface area contributed by atoms with E-state index in [4.69, 9.17) is 5.73 Å². The van der Waals surface area contributed by atoms with Gasteiger partial charge in [0.05, 0.1) is 0 Å². The van der Waals surface area contributed by atoms with Gasteiger partial charge in [-0.3, -0.25) is 4.79 Å². The lowest BCUT2D eigenvalue weighted by Crippen LogP contribution is -2.16. The second-order valence-corrected chi connectivity index (χ2v) is 8.76. The van der Waals surface area contributed by atoms with Crippen LogP contribution in [0.25, 0.3) is 0 Å². The third-order valence-corrected chi connectivity index (χ3v) is 6.71. The molecule has 3 rings (SSSR count). The molecule has 0 saturated heterocycles. The Bertz CT molecular complexity index is 637. The zero-order chi connectivity index (χ0) is 18.4. The Morgan fingerprint density at radius 2 is 1.96 bits per heavy atom. The van der Waals surface area contributed by atoms with Crippen molar-refractivity contribution in [3.8, 4) is 0 Å². The molecule has 0 radical (unpaired) electrons. The van der Waals surface area contributed by atoms with Crippen LogP contribution in [0.5, 0.6) is 0 Å². The molecule has 0 heterocycles. The minimum absolute atomic E-state index is 0.313. The molecule has 3 aliphatic rings. The molecule has 0 bridgehead atoms. The third kappa shape index (κ3) is 5.30. The molecular weight excluding hydrogens is 318 g/mol. The first-order chi connectivity index (χ1) is 12.6. The molecule has 0 aromatic rings. The second kappa shape index (κ2) is 8.99. The number of allylic oxidation sites excluding steroid dienone is 6. The predicted molar refractivity (Wildman–Crippen MR) is 110 cm³/mol. The van der Waals surface area contributed by atoms with Gasteiger partial charge in [0.2, 0.25) is 0 Å². The average Bonchev–Trinajstić information content (AvgIpc) is 2.77. The molecule has 2 N–H and O–H groups in total. The van der Waals surface area contributed by atoms with Crippen molar-refractivity contribution in [3.63, 3.8) is 0 Å². The highest BCUT2D eigenvalue weighted by Gasteiger charge is 2.38.